The van der Waals surface area contributed by atoms with Gasteiger partial charge in [0.1, 0.15) is 17.2 Å². The Kier molecular flexibility index (Phi) is 4.17. The Morgan fingerprint density at radius 2 is 2.00 bits per heavy atom. The number of ketones is 1. The first kappa shape index (κ1) is 20.0. The smallest absolute Gasteiger partial charge is 0.139 e. The summed E-state index contributed by atoms with van der Waals surface area (Å²) in [5, 5.41) is 20.1. The maximum atomic E-state index is 13.1. The van der Waals surface area contributed by atoms with Gasteiger partial charge in [-0.05, 0) is 72.4 Å². The third-order valence-electron chi connectivity index (χ3n) is 8.55. The summed E-state index contributed by atoms with van der Waals surface area (Å²) in [4.78, 5) is 13.1. The summed E-state index contributed by atoms with van der Waals surface area (Å²) >= 11 is 6.03. The zero-order chi connectivity index (χ0) is 22.3. The minimum absolute atomic E-state index is 0.0998. The molecule has 2 bridgehead atoms. The Morgan fingerprint density at radius 3 is 2.78 bits per heavy atom. The first-order chi connectivity index (χ1) is 15.3. The fourth-order valence-electron chi connectivity index (χ4n) is 6.97. The van der Waals surface area contributed by atoms with Crippen molar-refractivity contribution in [3.8, 4) is 17.0 Å². The largest absolute Gasteiger partial charge is 0.508 e. The zero-order valence-corrected chi connectivity index (χ0v) is 19.1. The minimum atomic E-state index is -0.219. The summed E-state index contributed by atoms with van der Waals surface area (Å²) in [5.41, 5.74) is 4.94. The third-order valence-corrected chi connectivity index (χ3v) is 8.80. The van der Waals surface area contributed by atoms with Crippen LogP contribution in [0.25, 0.3) is 11.3 Å². The van der Waals surface area contributed by atoms with Crippen LogP contribution in [0.1, 0.15) is 61.1 Å². The molecule has 0 aliphatic heterocycles. The number of benzene rings is 2. The van der Waals surface area contributed by atoms with E-state index in [0.29, 0.717) is 35.4 Å². The van der Waals surface area contributed by atoms with Gasteiger partial charge < -0.3 is 5.11 Å². The number of rotatable bonds is 3. The molecular formula is C26H26ClN3O2. The first-order valence-corrected chi connectivity index (χ1v) is 11.7. The number of fused-ring (bicyclic) bond motifs is 3. The van der Waals surface area contributed by atoms with Crippen LogP contribution in [0.3, 0.4) is 0 Å². The number of nitrogens with zero attached hydrogens (tertiary/aromatic N) is 3. The van der Waals surface area contributed by atoms with E-state index in [4.69, 9.17) is 11.6 Å². The van der Waals surface area contributed by atoms with Crippen molar-refractivity contribution in [3.05, 3.63) is 64.3 Å². The van der Waals surface area contributed by atoms with Gasteiger partial charge in [0, 0.05) is 28.3 Å². The predicted molar refractivity (Wildman–Crippen MR) is 123 cm³/mol. The summed E-state index contributed by atoms with van der Waals surface area (Å²) in [6.45, 7) is 4.81. The van der Waals surface area contributed by atoms with Crippen LogP contribution < -0.4 is 0 Å². The molecule has 2 fully saturated rings. The van der Waals surface area contributed by atoms with Gasteiger partial charge in [0.2, 0.25) is 0 Å². The molecule has 0 amide bonds. The maximum Gasteiger partial charge on any atom is 0.139 e. The van der Waals surface area contributed by atoms with Gasteiger partial charge in [-0.1, -0.05) is 41.9 Å². The highest BCUT2D eigenvalue weighted by Gasteiger charge is 2.65. The molecule has 1 heterocycles. The Balaban J connectivity index is 1.43. The topological polar surface area (TPSA) is 68.0 Å². The van der Waals surface area contributed by atoms with Gasteiger partial charge in [-0.25, -0.2) is 0 Å². The Bertz CT molecular complexity index is 1250. The SMILES string of the molecule is Cc1c(O)ccc2c1[C@H](Cn1cc(-c3ccc(Cl)cc3)nn1)[C@@]13CC(=O)[C@@](C)(CC[C@@H]21)C3. The van der Waals surface area contributed by atoms with Crippen LogP contribution in [0, 0.1) is 17.8 Å². The maximum absolute atomic E-state index is 13.1. The zero-order valence-electron chi connectivity index (χ0n) is 18.3. The molecule has 0 unspecified atom stereocenters. The van der Waals surface area contributed by atoms with Crippen molar-refractivity contribution in [2.45, 2.75) is 57.9 Å². The van der Waals surface area contributed by atoms with Crippen LogP contribution in [-0.4, -0.2) is 25.9 Å². The number of aromatic hydroxyl groups is 1. The number of carbonyl (C=O) groups excluding carboxylic acids is 1. The normalized spacial score (nSPS) is 30.4. The fourth-order valence-corrected chi connectivity index (χ4v) is 7.10. The van der Waals surface area contributed by atoms with Crippen molar-refractivity contribution in [2.75, 3.05) is 0 Å². The van der Waals surface area contributed by atoms with E-state index < -0.39 is 0 Å². The number of aromatic nitrogens is 3. The van der Waals surface area contributed by atoms with Crippen LogP contribution in [0.5, 0.6) is 5.75 Å². The van der Waals surface area contributed by atoms with Gasteiger partial charge in [0.05, 0.1) is 12.7 Å². The lowest BCUT2D eigenvalue weighted by Gasteiger charge is -2.42. The molecule has 1 spiro atoms. The van der Waals surface area contributed by atoms with Gasteiger partial charge in [0.15, 0.2) is 0 Å². The molecule has 1 aromatic heterocycles. The van der Waals surface area contributed by atoms with E-state index in [9.17, 15) is 9.90 Å². The molecule has 2 saturated carbocycles. The van der Waals surface area contributed by atoms with Crippen molar-refractivity contribution in [2.24, 2.45) is 10.8 Å². The van der Waals surface area contributed by atoms with Gasteiger partial charge >= 0.3 is 0 Å². The molecule has 3 aliphatic rings. The lowest BCUT2D eigenvalue weighted by molar-refractivity contribution is -0.125. The lowest BCUT2D eigenvalue weighted by Crippen LogP contribution is -2.35. The predicted octanol–water partition coefficient (Wildman–Crippen LogP) is 5.64. The van der Waals surface area contributed by atoms with E-state index in [0.717, 1.165) is 36.1 Å². The summed E-state index contributed by atoms with van der Waals surface area (Å²) in [7, 11) is 0. The van der Waals surface area contributed by atoms with Crippen molar-refractivity contribution in [1.82, 2.24) is 15.0 Å². The van der Waals surface area contributed by atoms with Gasteiger partial charge in [-0.3, -0.25) is 9.48 Å². The molecule has 6 rings (SSSR count). The van der Waals surface area contributed by atoms with Crippen molar-refractivity contribution < 1.29 is 9.90 Å². The quantitative estimate of drug-likeness (QED) is 0.563. The number of halogens is 1. The third kappa shape index (κ3) is 2.67. The van der Waals surface area contributed by atoms with E-state index in [1.165, 1.54) is 11.1 Å². The molecule has 3 aromatic rings. The van der Waals surface area contributed by atoms with Gasteiger partial charge in [-0.15, -0.1) is 5.10 Å². The van der Waals surface area contributed by atoms with E-state index in [2.05, 4.69) is 23.3 Å². The Morgan fingerprint density at radius 1 is 1.22 bits per heavy atom. The summed E-state index contributed by atoms with van der Waals surface area (Å²) < 4.78 is 1.91. The molecule has 164 valence electrons. The molecule has 3 aliphatic carbocycles. The lowest BCUT2D eigenvalue weighted by atomic mass is 9.61. The van der Waals surface area contributed by atoms with E-state index in [1.54, 1.807) is 0 Å². The number of hydrogen-bond acceptors (Lipinski definition) is 4. The van der Waals surface area contributed by atoms with Crippen LogP contribution in [0.15, 0.2) is 42.6 Å². The highest BCUT2D eigenvalue weighted by atomic mass is 35.5. The average molecular weight is 448 g/mol. The number of carbonyl (C=O) groups is 1. The molecule has 4 atom stereocenters. The Labute approximate surface area is 192 Å². The molecule has 32 heavy (non-hydrogen) atoms. The molecule has 0 saturated heterocycles. The Hall–Kier alpha value is -2.66. The van der Waals surface area contributed by atoms with E-state index in [-0.39, 0.29) is 16.7 Å². The number of phenols is 1. The second-order valence-corrected chi connectivity index (χ2v) is 10.7. The van der Waals surface area contributed by atoms with Gasteiger partial charge in [0.25, 0.3) is 0 Å². The summed E-state index contributed by atoms with van der Waals surface area (Å²) in [6, 6.07) is 11.5. The first-order valence-electron chi connectivity index (χ1n) is 11.3. The highest BCUT2D eigenvalue weighted by molar-refractivity contribution is 6.30. The summed E-state index contributed by atoms with van der Waals surface area (Å²) in [5.74, 6) is 1.22. The standard InChI is InChI=1S/C26H26ClN3O2/c1-15-22(31)8-7-18-19-9-10-25(2)14-26(19,11-23(25)32)20(24(15)18)12-30-13-21(28-29-30)16-3-5-17(27)6-4-16/h3-8,13,19-20,31H,9-12,14H2,1-2H3/t19-,20-,25-,26+/m0/s1. The molecular weight excluding hydrogens is 422 g/mol. The van der Waals surface area contributed by atoms with Crippen molar-refractivity contribution in [3.63, 3.8) is 0 Å². The van der Waals surface area contributed by atoms with Crippen molar-refractivity contribution in [1.29, 1.82) is 0 Å². The monoisotopic (exact) mass is 447 g/mol. The molecule has 0 radical (unpaired) electrons. The fraction of sp³-hybridized carbons (Fsp3) is 0.423. The van der Waals surface area contributed by atoms with E-state index in [1.807, 2.05) is 48.1 Å². The van der Waals surface area contributed by atoms with Crippen LogP contribution >= 0.6 is 11.6 Å². The minimum Gasteiger partial charge on any atom is -0.508 e. The van der Waals surface area contributed by atoms with Crippen molar-refractivity contribution >= 4 is 17.4 Å². The number of phenolic OH excluding ortho intramolecular Hbond substituents is 1. The van der Waals surface area contributed by atoms with Crippen LogP contribution in [-0.2, 0) is 11.3 Å². The van der Waals surface area contributed by atoms with Crippen LogP contribution in [0.2, 0.25) is 5.02 Å². The summed E-state index contributed by atoms with van der Waals surface area (Å²) in [6.07, 6.45) is 5.50. The second kappa shape index (κ2) is 6.67. The number of hydrogen-bond donors (Lipinski definition) is 1. The van der Waals surface area contributed by atoms with Gasteiger partial charge in [-0.2, -0.15) is 0 Å². The second-order valence-electron chi connectivity index (χ2n) is 10.3. The van der Waals surface area contributed by atoms with Crippen LogP contribution in [0.4, 0.5) is 0 Å². The molecule has 6 heteroatoms. The number of Topliss-reactive ketones (excluding diaryl/α,β-unsaturated/α-hetero) is 1. The molecule has 2 aromatic carbocycles. The molecule has 1 N–H and O–H groups in total. The highest BCUT2D eigenvalue weighted by Crippen LogP contribution is 2.72. The average Bonchev–Trinajstić information content (AvgIpc) is 3.38. The van der Waals surface area contributed by atoms with E-state index >= 15 is 0 Å². The molecule has 5 nitrogen and oxygen atoms in total.